The molecule has 0 aliphatic carbocycles. The Hall–Kier alpha value is -5.93. The van der Waals surface area contributed by atoms with Crippen LogP contribution in [0.5, 0.6) is 0 Å². The maximum Gasteiger partial charge on any atom is 0.151 e. The van der Waals surface area contributed by atoms with Crippen LogP contribution in [-0.2, 0) is 6.42 Å². The van der Waals surface area contributed by atoms with Crippen molar-refractivity contribution in [1.82, 2.24) is 4.98 Å². The largest absolute Gasteiger partial charge is 0.282 e. The van der Waals surface area contributed by atoms with Crippen LogP contribution in [0.15, 0.2) is 181 Å². The van der Waals surface area contributed by atoms with Gasteiger partial charge in [0.2, 0.25) is 0 Å². The number of nitrogens with zero attached hydrogens (tertiary/aromatic N) is 2. The van der Waals surface area contributed by atoms with Crippen LogP contribution >= 0.6 is 0 Å². The number of pyridine rings is 1. The summed E-state index contributed by atoms with van der Waals surface area (Å²) in [5.74, 6) is 0.156. The lowest BCUT2D eigenvalue weighted by atomic mass is 9.97. The Bertz CT molecular complexity index is 2030. The molecule has 0 amide bonds. The molecule has 1 heterocycles. The van der Waals surface area contributed by atoms with Gasteiger partial charge in [-0.1, -0.05) is 158 Å². The van der Waals surface area contributed by atoms with Crippen molar-refractivity contribution in [2.45, 2.75) is 12.8 Å². The van der Waals surface area contributed by atoms with E-state index < -0.39 is 0 Å². The number of fused-ring (bicyclic) bond motifs is 1. The van der Waals surface area contributed by atoms with E-state index in [0.717, 1.165) is 39.9 Å². The smallest absolute Gasteiger partial charge is 0.151 e. The van der Waals surface area contributed by atoms with E-state index >= 15 is 0 Å². The van der Waals surface area contributed by atoms with E-state index in [2.05, 4.69) is 127 Å². The van der Waals surface area contributed by atoms with Crippen LogP contribution in [0.1, 0.15) is 23.1 Å². The summed E-state index contributed by atoms with van der Waals surface area (Å²) in [7, 11) is 0. The Morgan fingerprint density at radius 3 is 2.13 bits per heavy atom. The van der Waals surface area contributed by atoms with Crippen LogP contribution in [0.2, 0.25) is 0 Å². The van der Waals surface area contributed by atoms with Gasteiger partial charge < -0.3 is 0 Å². The normalized spacial score (nSPS) is 11.8. The van der Waals surface area contributed by atoms with Gasteiger partial charge in [-0.05, 0) is 68.6 Å². The second-order valence-electron chi connectivity index (χ2n) is 11.1. The SMILES string of the molecule is C=C(/C=C\C=C\c1cccc2ccccc12)C(=N)N=C(CCc1ccc(-c2cccnc2)cc1)c1ccc(-c2ccccc2)cc1. The molecule has 0 unspecified atom stereocenters. The maximum absolute atomic E-state index is 8.80. The number of aryl methyl sites for hydroxylation is 1. The molecule has 5 aromatic carbocycles. The van der Waals surface area contributed by atoms with Gasteiger partial charge in [0.15, 0.2) is 5.84 Å². The number of rotatable bonds is 10. The van der Waals surface area contributed by atoms with E-state index in [4.69, 9.17) is 10.4 Å². The standard InChI is InChI=1S/C43H35N3/c1-32(11-5-6-14-37-16-9-17-38-15-7-8-19-41(37)38)43(44)46-42(39-27-25-35(26-28-39)34-12-3-2-4-13-34)29-22-33-20-23-36(24-21-33)40-18-10-30-45-31-40/h2-21,23-28,30-31,44H,1,22,29H2/b11-5-,14-6+,44-43?,46-42?. The predicted molar refractivity (Wildman–Crippen MR) is 195 cm³/mol. The fraction of sp³-hybridized carbons (Fsp3) is 0.0465. The molecule has 0 fully saturated rings. The topological polar surface area (TPSA) is 49.1 Å². The van der Waals surface area contributed by atoms with E-state index in [1.54, 1.807) is 6.20 Å². The number of hydrogen-bond donors (Lipinski definition) is 1. The van der Waals surface area contributed by atoms with Gasteiger partial charge in [0.25, 0.3) is 0 Å². The molecule has 3 heteroatoms. The van der Waals surface area contributed by atoms with Crippen molar-refractivity contribution in [2.75, 3.05) is 0 Å². The van der Waals surface area contributed by atoms with Crippen molar-refractivity contribution < 1.29 is 0 Å². The minimum absolute atomic E-state index is 0.156. The van der Waals surface area contributed by atoms with Crippen LogP contribution in [0, 0.1) is 5.41 Å². The van der Waals surface area contributed by atoms with Gasteiger partial charge in [0.1, 0.15) is 0 Å². The second kappa shape index (κ2) is 14.7. The van der Waals surface area contributed by atoms with Gasteiger partial charge in [-0.25, -0.2) is 4.99 Å². The highest BCUT2D eigenvalue weighted by atomic mass is 14.8. The van der Waals surface area contributed by atoms with Crippen molar-refractivity contribution >= 4 is 28.4 Å². The first kappa shape index (κ1) is 30.1. The van der Waals surface area contributed by atoms with Crippen LogP contribution in [-0.4, -0.2) is 16.5 Å². The first-order valence-electron chi connectivity index (χ1n) is 15.5. The van der Waals surface area contributed by atoms with E-state index in [9.17, 15) is 0 Å². The number of hydrogen-bond acceptors (Lipinski definition) is 2. The van der Waals surface area contributed by atoms with E-state index in [1.165, 1.54) is 21.9 Å². The van der Waals surface area contributed by atoms with Crippen LogP contribution in [0.4, 0.5) is 0 Å². The molecule has 3 nitrogen and oxygen atoms in total. The first-order valence-corrected chi connectivity index (χ1v) is 15.5. The molecule has 0 spiro atoms. The Labute approximate surface area is 271 Å². The zero-order valence-electron chi connectivity index (χ0n) is 25.7. The highest BCUT2D eigenvalue weighted by molar-refractivity contribution is 6.12. The molecule has 222 valence electrons. The van der Waals surface area contributed by atoms with Crippen LogP contribution in [0.3, 0.4) is 0 Å². The number of benzene rings is 5. The molecular weight excluding hydrogens is 558 g/mol. The zero-order valence-corrected chi connectivity index (χ0v) is 25.7. The van der Waals surface area contributed by atoms with Crippen molar-refractivity contribution in [2.24, 2.45) is 4.99 Å². The fourth-order valence-electron chi connectivity index (χ4n) is 5.42. The Balaban J connectivity index is 1.19. The number of amidine groups is 1. The average molecular weight is 594 g/mol. The molecule has 6 aromatic rings. The summed E-state index contributed by atoms with van der Waals surface area (Å²) < 4.78 is 0. The summed E-state index contributed by atoms with van der Waals surface area (Å²) in [6.45, 7) is 4.15. The molecule has 1 aromatic heterocycles. The molecule has 0 atom stereocenters. The van der Waals surface area contributed by atoms with Crippen molar-refractivity contribution in [3.63, 3.8) is 0 Å². The Morgan fingerprint density at radius 1 is 0.674 bits per heavy atom. The summed E-state index contributed by atoms with van der Waals surface area (Å²) in [5, 5.41) is 11.2. The molecule has 0 bridgehead atoms. The third-order valence-electron chi connectivity index (χ3n) is 7.98. The fourth-order valence-corrected chi connectivity index (χ4v) is 5.42. The molecule has 0 aliphatic rings. The molecule has 0 saturated heterocycles. The quantitative estimate of drug-likeness (QED) is 0.0959. The van der Waals surface area contributed by atoms with Gasteiger partial charge in [0.05, 0.1) is 5.71 Å². The van der Waals surface area contributed by atoms with Gasteiger partial charge in [-0.15, -0.1) is 0 Å². The number of allylic oxidation sites excluding steroid dienone is 2. The number of aromatic nitrogens is 1. The average Bonchev–Trinajstić information content (AvgIpc) is 3.12. The summed E-state index contributed by atoms with van der Waals surface area (Å²) in [6.07, 6.45) is 13.0. The van der Waals surface area contributed by atoms with Crippen molar-refractivity contribution in [3.05, 3.63) is 193 Å². The summed E-state index contributed by atoms with van der Waals surface area (Å²) in [5.41, 5.74) is 9.34. The maximum atomic E-state index is 8.80. The lowest BCUT2D eigenvalue weighted by molar-refractivity contribution is 1.04. The van der Waals surface area contributed by atoms with Crippen molar-refractivity contribution in [1.29, 1.82) is 5.41 Å². The van der Waals surface area contributed by atoms with Gasteiger partial charge in [-0.3, -0.25) is 10.4 Å². The highest BCUT2D eigenvalue weighted by Gasteiger charge is 2.09. The molecule has 0 aliphatic heterocycles. The molecule has 0 radical (unpaired) electrons. The first-order chi connectivity index (χ1) is 22.6. The van der Waals surface area contributed by atoms with E-state index in [1.807, 2.05) is 48.7 Å². The minimum atomic E-state index is 0.156. The lowest BCUT2D eigenvalue weighted by Gasteiger charge is -2.10. The Morgan fingerprint density at radius 2 is 1.35 bits per heavy atom. The van der Waals surface area contributed by atoms with Crippen LogP contribution < -0.4 is 0 Å². The molecule has 0 saturated carbocycles. The molecule has 6 rings (SSSR count). The summed E-state index contributed by atoms with van der Waals surface area (Å²) in [4.78, 5) is 9.06. The Kier molecular flexibility index (Phi) is 9.62. The van der Waals surface area contributed by atoms with Gasteiger partial charge >= 0.3 is 0 Å². The highest BCUT2D eigenvalue weighted by Crippen LogP contribution is 2.23. The molecule has 1 N–H and O–H groups in total. The zero-order chi connectivity index (χ0) is 31.6. The second-order valence-corrected chi connectivity index (χ2v) is 11.1. The summed E-state index contributed by atoms with van der Waals surface area (Å²) >= 11 is 0. The van der Waals surface area contributed by atoms with E-state index in [0.29, 0.717) is 12.0 Å². The van der Waals surface area contributed by atoms with Gasteiger partial charge in [0, 0.05) is 18.0 Å². The third-order valence-corrected chi connectivity index (χ3v) is 7.98. The predicted octanol–water partition coefficient (Wildman–Crippen LogP) is 10.8. The van der Waals surface area contributed by atoms with Crippen LogP contribution in [0.25, 0.3) is 39.1 Å². The van der Waals surface area contributed by atoms with E-state index in [-0.39, 0.29) is 5.84 Å². The third kappa shape index (κ3) is 7.58. The monoisotopic (exact) mass is 593 g/mol. The number of aliphatic imine (C=N–C) groups is 1. The van der Waals surface area contributed by atoms with Crippen molar-refractivity contribution in [3.8, 4) is 22.3 Å². The minimum Gasteiger partial charge on any atom is -0.282 e. The molecular formula is C43H35N3. The lowest BCUT2D eigenvalue weighted by Crippen LogP contribution is -2.08. The summed E-state index contributed by atoms with van der Waals surface area (Å²) in [6, 6.07) is 46.1. The van der Waals surface area contributed by atoms with Gasteiger partial charge in [-0.2, -0.15) is 0 Å². The number of nitrogens with one attached hydrogen (secondary N) is 1. The molecule has 46 heavy (non-hydrogen) atoms.